The summed E-state index contributed by atoms with van der Waals surface area (Å²) in [6.45, 7) is 3.86. The lowest BCUT2D eigenvalue weighted by molar-refractivity contribution is -0.117. The third kappa shape index (κ3) is 3.28. The van der Waals surface area contributed by atoms with Crippen LogP contribution in [0.3, 0.4) is 0 Å². The Hall–Kier alpha value is -2.67. The second kappa shape index (κ2) is 6.33. The molecule has 0 bridgehead atoms. The number of amides is 1. The molecule has 130 valence electrons. The Bertz CT molecular complexity index is 967. The summed E-state index contributed by atoms with van der Waals surface area (Å²) in [7, 11) is -3.82. The number of sulfonamides is 1. The summed E-state index contributed by atoms with van der Waals surface area (Å²) in [5.41, 5.74) is 2.33. The number of hydrogen-bond donors (Lipinski definition) is 1. The number of rotatable bonds is 5. The molecule has 1 heterocycles. The van der Waals surface area contributed by atoms with Crippen LogP contribution in [0, 0.1) is 0 Å². The van der Waals surface area contributed by atoms with Gasteiger partial charge in [0.15, 0.2) is 5.78 Å². The largest absolute Gasteiger partial charge is 0.312 e. The van der Waals surface area contributed by atoms with Gasteiger partial charge < -0.3 is 4.90 Å². The zero-order chi connectivity index (χ0) is 18.2. The number of nitrogens with one attached hydrogen (secondary N) is 1. The van der Waals surface area contributed by atoms with Gasteiger partial charge in [0.05, 0.1) is 11.3 Å². The summed E-state index contributed by atoms with van der Waals surface area (Å²) >= 11 is 0. The quantitative estimate of drug-likeness (QED) is 0.833. The summed E-state index contributed by atoms with van der Waals surface area (Å²) in [6, 6.07) is 10.9. The molecule has 0 radical (unpaired) electrons. The zero-order valence-electron chi connectivity index (χ0n) is 13.9. The van der Waals surface area contributed by atoms with Gasteiger partial charge in [-0.1, -0.05) is 12.1 Å². The van der Waals surface area contributed by atoms with Crippen LogP contribution >= 0.6 is 0 Å². The molecule has 1 aliphatic heterocycles. The number of carbonyl (C=O) groups is 2. The number of ketones is 1. The Morgan fingerprint density at radius 3 is 2.64 bits per heavy atom. The molecule has 0 aromatic heterocycles. The fraction of sp³-hybridized carbons (Fsp3) is 0.222. The van der Waals surface area contributed by atoms with Crippen LogP contribution in [0.4, 0.5) is 11.4 Å². The van der Waals surface area contributed by atoms with Gasteiger partial charge in [0.1, 0.15) is 0 Å². The third-order valence-electron chi connectivity index (χ3n) is 4.13. The van der Waals surface area contributed by atoms with Gasteiger partial charge >= 0.3 is 0 Å². The number of likely N-dealkylation sites (N-methyl/N-ethyl adjacent to an activating group) is 1. The SMILES string of the molecule is CCN1C(=O)Cc2cc(NS(=O)(=O)c3cccc(C(C)=O)c3)ccc21. The van der Waals surface area contributed by atoms with Crippen LogP contribution in [0.1, 0.15) is 29.8 Å². The first-order valence-electron chi connectivity index (χ1n) is 7.89. The second-order valence-electron chi connectivity index (χ2n) is 5.85. The maximum Gasteiger partial charge on any atom is 0.261 e. The summed E-state index contributed by atoms with van der Waals surface area (Å²) in [4.78, 5) is 25.1. The molecule has 7 heteroatoms. The van der Waals surface area contributed by atoms with Crippen LogP contribution in [0.2, 0.25) is 0 Å². The van der Waals surface area contributed by atoms with E-state index in [4.69, 9.17) is 0 Å². The first-order valence-corrected chi connectivity index (χ1v) is 9.37. The first-order chi connectivity index (χ1) is 11.8. The van der Waals surface area contributed by atoms with Crippen LogP contribution in [0.5, 0.6) is 0 Å². The molecule has 0 spiro atoms. The molecule has 2 aromatic rings. The first kappa shape index (κ1) is 17.2. The highest BCUT2D eigenvalue weighted by atomic mass is 32.2. The average Bonchev–Trinajstić information content (AvgIpc) is 2.88. The van der Waals surface area contributed by atoms with Crippen molar-refractivity contribution in [1.29, 1.82) is 0 Å². The monoisotopic (exact) mass is 358 g/mol. The van der Waals surface area contributed by atoms with E-state index in [1.54, 1.807) is 29.2 Å². The van der Waals surface area contributed by atoms with E-state index in [1.165, 1.54) is 25.1 Å². The minimum atomic E-state index is -3.82. The summed E-state index contributed by atoms with van der Waals surface area (Å²) in [5, 5.41) is 0. The molecule has 3 rings (SSSR count). The van der Waals surface area contributed by atoms with Crippen LogP contribution in [-0.2, 0) is 21.2 Å². The maximum absolute atomic E-state index is 12.6. The molecule has 1 N–H and O–H groups in total. The maximum atomic E-state index is 12.6. The van der Waals surface area contributed by atoms with Gasteiger partial charge in [-0.15, -0.1) is 0 Å². The highest BCUT2D eigenvalue weighted by Gasteiger charge is 2.26. The van der Waals surface area contributed by atoms with E-state index >= 15 is 0 Å². The van der Waals surface area contributed by atoms with Gasteiger partial charge in [0.2, 0.25) is 5.91 Å². The molecule has 0 saturated heterocycles. The van der Waals surface area contributed by atoms with Crippen molar-refractivity contribution in [3.8, 4) is 0 Å². The van der Waals surface area contributed by atoms with Gasteiger partial charge in [-0.2, -0.15) is 0 Å². The minimum absolute atomic E-state index is 0.00617. The van der Waals surface area contributed by atoms with Gasteiger partial charge in [-0.25, -0.2) is 8.42 Å². The zero-order valence-corrected chi connectivity index (χ0v) is 14.8. The fourth-order valence-electron chi connectivity index (χ4n) is 2.89. The molecule has 0 saturated carbocycles. The molecule has 25 heavy (non-hydrogen) atoms. The van der Waals surface area contributed by atoms with E-state index < -0.39 is 10.0 Å². The lowest BCUT2D eigenvalue weighted by atomic mass is 10.1. The number of benzene rings is 2. The Kier molecular flexibility index (Phi) is 4.34. The van der Waals surface area contributed by atoms with Crippen molar-refractivity contribution in [3.63, 3.8) is 0 Å². The van der Waals surface area contributed by atoms with Crippen molar-refractivity contribution in [2.75, 3.05) is 16.2 Å². The Morgan fingerprint density at radius 1 is 1.20 bits per heavy atom. The third-order valence-corrected chi connectivity index (χ3v) is 5.51. The fourth-order valence-corrected chi connectivity index (χ4v) is 3.98. The molecule has 1 aliphatic rings. The number of anilines is 2. The highest BCUT2D eigenvalue weighted by molar-refractivity contribution is 7.92. The molecular weight excluding hydrogens is 340 g/mol. The second-order valence-corrected chi connectivity index (χ2v) is 7.53. The molecule has 0 fully saturated rings. The number of nitrogens with zero attached hydrogens (tertiary/aromatic N) is 1. The van der Waals surface area contributed by atoms with Crippen molar-refractivity contribution in [2.24, 2.45) is 0 Å². The number of Topliss-reactive ketones (excluding diaryl/α,β-unsaturated/α-hetero) is 1. The van der Waals surface area contributed by atoms with E-state index in [2.05, 4.69) is 4.72 Å². The van der Waals surface area contributed by atoms with E-state index in [0.29, 0.717) is 17.8 Å². The number of hydrogen-bond acceptors (Lipinski definition) is 4. The predicted molar refractivity (Wildman–Crippen MR) is 95.4 cm³/mol. The van der Waals surface area contributed by atoms with Crippen LogP contribution in [-0.4, -0.2) is 26.7 Å². The van der Waals surface area contributed by atoms with Gasteiger partial charge in [0, 0.05) is 23.5 Å². The molecule has 1 amide bonds. The summed E-state index contributed by atoms with van der Waals surface area (Å²) in [6.07, 6.45) is 0.262. The van der Waals surface area contributed by atoms with E-state index in [0.717, 1.165) is 11.3 Å². The molecule has 0 unspecified atom stereocenters. The number of fused-ring (bicyclic) bond motifs is 1. The van der Waals surface area contributed by atoms with Crippen molar-refractivity contribution < 1.29 is 18.0 Å². The normalized spacial score (nSPS) is 13.7. The molecule has 0 aliphatic carbocycles. The molecule has 6 nitrogen and oxygen atoms in total. The van der Waals surface area contributed by atoms with Gasteiger partial charge in [0.25, 0.3) is 10.0 Å². The number of carbonyl (C=O) groups excluding carboxylic acids is 2. The summed E-state index contributed by atoms with van der Waals surface area (Å²) < 4.78 is 27.6. The molecule has 0 atom stereocenters. The summed E-state index contributed by atoms with van der Waals surface area (Å²) in [5.74, 6) is -0.195. The minimum Gasteiger partial charge on any atom is -0.312 e. The molecular formula is C18H18N2O4S. The Labute approximate surface area is 146 Å². The van der Waals surface area contributed by atoms with Crippen LogP contribution < -0.4 is 9.62 Å². The Morgan fingerprint density at radius 2 is 1.96 bits per heavy atom. The van der Waals surface area contributed by atoms with Gasteiger partial charge in [-0.3, -0.25) is 14.3 Å². The highest BCUT2D eigenvalue weighted by Crippen LogP contribution is 2.31. The lowest BCUT2D eigenvalue weighted by Gasteiger charge is -2.15. The van der Waals surface area contributed by atoms with E-state index in [9.17, 15) is 18.0 Å². The smallest absolute Gasteiger partial charge is 0.261 e. The van der Waals surface area contributed by atoms with Crippen LogP contribution in [0.15, 0.2) is 47.4 Å². The lowest BCUT2D eigenvalue weighted by Crippen LogP contribution is -2.25. The van der Waals surface area contributed by atoms with Crippen molar-refractivity contribution in [1.82, 2.24) is 0 Å². The molecule has 2 aromatic carbocycles. The van der Waals surface area contributed by atoms with Crippen LogP contribution in [0.25, 0.3) is 0 Å². The van der Waals surface area contributed by atoms with E-state index in [-0.39, 0.29) is 23.0 Å². The van der Waals surface area contributed by atoms with Crippen molar-refractivity contribution in [2.45, 2.75) is 25.2 Å². The van der Waals surface area contributed by atoms with Gasteiger partial charge in [-0.05, 0) is 49.7 Å². The predicted octanol–water partition coefficient (Wildman–Crippen LogP) is 2.60. The van der Waals surface area contributed by atoms with Crippen molar-refractivity contribution >= 4 is 33.1 Å². The average molecular weight is 358 g/mol. The van der Waals surface area contributed by atoms with E-state index in [1.807, 2.05) is 6.92 Å². The van der Waals surface area contributed by atoms with Crippen molar-refractivity contribution in [3.05, 3.63) is 53.6 Å². The standard InChI is InChI=1S/C18H18N2O4S/c1-3-20-17-8-7-15(9-14(17)11-18(20)22)19-25(23,24)16-6-4-5-13(10-16)12(2)21/h4-10,19H,3,11H2,1-2H3. The Balaban J connectivity index is 1.90. The topological polar surface area (TPSA) is 83.6 Å².